The van der Waals surface area contributed by atoms with Gasteiger partial charge in [-0.2, -0.15) is 0 Å². The maximum atomic E-state index is 10.5. The third-order valence-corrected chi connectivity index (χ3v) is 1.90. The number of carbonyl (C=O) groups is 1. The van der Waals surface area contributed by atoms with E-state index in [0.29, 0.717) is 0 Å². The summed E-state index contributed by atoms with van der Waals surface area (Å²) in [7, 11) is -2.76. The van der Waals surface area contributed by atoms with Crippen molar-refractivity contribution in [1.29, 1.82) is 0 Å². The van der Waals surface area contributed by atoms with Gasteiger partial charge in [-0.3, -0.25) is 4.79 Å². The first-order chi connectivity index (χ1) is 4.83. The molecule has 0 rings (SSSR count). The highest BCUT2D eigenvalue weighted by Crippen LogP contribution is 1.87. The van der Waals surface area contributed by atoms with Crippen LogP contribution in [0.2, 0.25) is 0 Å². The number of amides is 1. The van der Waals surface area contributed by atoms with E-state index in [4.69, 9.17) is 0 Å². The molecule has 0 aromatic carbocycles. The van der Waals surface area contributed by atoms with Gasteiger partial charge in [0.15, 0.2) is 0 Å². The van der Waals surface area contributed by atoms with Gasteiger partial charge in [-0.05, 0) is 0 Å². The summed E-state index contributed by atoms with van der Waals surface area (Å²) in [6.07, 6.45) is 0. The summed E-state index contributed by atoms with van der Waals surface area (Å²) >= 11 is 0. The minimum Gasteiger partial charge on any atom is -0.748 e. The van der Waals surface area contributed by atoms with E-state index >= 15 is 0 Å². The van der Waals surface area contributed by atoms with Crippen LogP contribution in [-0.2, 0) is 14.9 Å². The number of hydrogen-bond donors (Lipinski definition) is 0. The first-order valence-electron chi connectivity index (χ1n) is 2.98. The van der Waals surface area contributed by atoms with Crippen LogP contribution in [0.1, 0.15) is 6.92 Å². The van der Waals surface area contributed by atoms with Crippen molar-refractivity contribution in [2.24, 2.45) is 0 Å². The van der Waals surface area contributed by atoms with E-state index < -0.39 is 15.9 Å². The summed E-state index contributed by atoms with van der Waals surface area (Å²) in [5, 5.41) is 0. The van der Waals surface area contributed by atoms with Crippen LogP contribution >= 0.6 is 0 Å². The van der Waals surface area contributed by atoms with E-state index in [1.807, 2.05) is 0 Å². The largest absolute Gasteiger partial charge is 0.748 e. The maximum Gasteiger partial charge on any atom is 0.219 e. The Morgan fingerprint density at radius 1 is 1.55 bits per heavy atom. The zero-order chi connectivity index (χ0) is 9.07. The van der Waals surface area contributed by atoms with Crippen molar-refractivity contribution in [1.82, 2.24) is 4.90 Å². The quantitative estimate of drug-likeness (QED) is 0.522. The zero-order valence-corrected chi connectivity index (χ0v) is 7.22. The Bertz CT molecular complexity index is 233. The molecule has 66 valence electrons. The Labute approximate surface area is 65.7 Å². The molecule has 0 atom stereocenters. The molecule has 0 saturated carbocycles. The van der Waals surface area contributed by atoms with E-state index in [1.165, 1.54) is 18.9 Å². The molecule has 0 N–H and O–H groups in total. The lowest BCUT2D eigenvalue weighted by molar-refractivity contribution is -0.127. The molecule has 11 heavy (non-hydrogen) atoms. The summed E-state index contributed by atoms with van der Waals surface area (Å²) in [6, 6.07) is 0. The van der Waals surface area contributed by atoms with E-state index in [1.54, 1.807) is 0 Å². The number of carbonyl (C=O) groups excluding carboxylic acids is 1. The molecule has 0 aromatic rings. The van der Waals surface area contributed by atoms with E-state index in [9.17, 15) is 17.8 Å². The molecular formula is C5H10NO4S-. The molecule has 5 nitrogen and oxygen atoms in total. The Hall–Kier alpha value is -0.620. The fourth-order valence-electron chi connectivity index (χ4n) is 0.406. The second kappa shape index (κ2) is 3.68. The van der Waals surface area contributed by atoms with Crippen molar-refractivity contribution in [2.75, 3.05) is 19.3 Å². The second-order valence-electron chi connectivity index (χ2n) is 2.20. The molecular weight excluding hydrogens is 170 g/mol. The zero-order valence-electron chi connectivity index (χ0n) is 6.40. The molecule has 0 radical (unpaired) electrons. The standard InChI is InChI=1S/C5H11NO4S/c1-5(7)6(2)3-4-11(8,9)10/h3-4H2,1-2H3,(H,8,9,10)/p-1. The molecule has 0 aromatic heterocycles. The van der Waals surface area contributed by atoms with Crippen LogP contribution in [0.15, 0.2) is 0 Å². The third kappa shape index (κ3) is 5.81. The number of rotatable bonds is 3. The van der Waals surface area contributed by atoms with Gasteiger partial charge in [0.05, 0.1) is 15.9 Å². The van der Waals surface area contributed by atoms with Crippen LogP contribution in [0, 0.1) is 0 Å². The minimum atomic E-state index is -4.20. The van der Waals surface area contributed by atoms with Gasteiger partial charge in [0.2, 0.25) is 5.91 Å². The van der Waals surface area contributed by atoms with Crippen LogP contribution in [0.25, 0.3) is 0 Å². The molecule has 0 unspecified atom stereocenters. The Morgan fingerprint density at radius 3 is 2.27 bits per heavy atom. The smallest absolute Gasteiger partial charge is 0.219 e. The molecule has 0 spiro atoms. The molecule has 0 aliphatic rings. The van der Waals surface area contributed by atoms with Gasteiger partial charge in [0, 0.05) is 20.5 Å². The predicted octanol–water partition coefficient (Wildman–Crippen LogP) is -0.990. The van der Waals surface area contributed by atoms with Gasteiger partial charge >= 0.3 is 0 Å². The van der Waals surface area contributed by atoms with Crippen molar-refractivity contribution >= 4 is 16.0 Å². The Kier molecular flexibility index (Phi) is 3.47. The highest BCUT2D eigenvalue weighted by molar-refractivity contribution is 7.85. The SMILES string of the molecule is CC(=O)N(C)CCS(=O)(=O)[O-]. The van der Waals surface area contributed by atoms with Crippen LogP contribution in [0.3, 0.4) is 0 Å². The summed E-state index contributed by atoms with van der Waals surface area (Å²) in [5.41, 5.74) is 0. The van der Waals surface area contributed by atoms with Crippen LogP contribution in [0.5, 0.6) is 0 Å². The van der Waals surface area contributed by atoms with E-state index in [-0.39, 0.29) is 12.5 Å². The van der Waals surface area contributed by atoms with Crippen LogP contribution < -0.4 is 0 Å². The first-order valence-corrected chi connectivity index (χ1v) is 4.56. The van der Waals surface area contributed by atoms with Gasteiger partial charge in [-0.25, -0.2) is 8.42 Å². The van der Waals surface area contributed by atoms with Gasteiger partial charge in [-0.1, -0.05) is 0 Å². The highest BCUT2D eigenvalue weighted by Gasteiger charge is 2.03. The number of nitrogens with zero attached hydrogens (tertiary/aromatic N) is 1. The molecule has 6 heteroatoms. The van der Waals surface area contributed by atoms with Crippen molar-refractivity contribution in [3.05, 3.63) is 0 Å². The van der Waals surface area contributed by atoms with Crippen molar-refractivity contribution in [2.45, 2.75) is 6.92 Å². The van der Waals surface area contributed by atoms with Gasteiger partial charge in [0.1, 0.15) is 0 Å². The molecule has 1 amide bonds. The van der Waals surface area contributed by atoms with Gasteiger partial charge < -0.3 is 9.45 Å². The fraction of sp³-hybridized carbons (Fsp3) is 0.800. The monoisotopic (exact) mass is 180 g/mol. The predicted molar refractivity (Wildman–Crippen MR) is 37.9 cm³/mol. The fourth-order valence-corrected chi connectivity index (χ4v) is 0.904. The van der Waals surface area contributed by atoms with E-state index in [2.05, 4.69) is 0 Å². The minimum absolute atomic E-state index is 0.0405. The van der Waals surface area contributed by atoms with Crippen molar-refractivity contribution in [3.8, 4) is 0 Å². The number of hydrogen-bond acceptors (Lipinski definition) is 4. The average Bonchev–Trinajstić information content (AvgIpc) is 1.80. The topological polar surface area (TPSA) is 77.5 Å². The second-order valence-corrected chi connectivity index (χ2v) is 3.73. The first kappa shape index (κ1) is 10.4. The summed E-state index contributed by atoms with van der Waals surface area (Å²) in [4.78, 5) is 11.7. The Morgan fingerprint density at radius 2 is 2.00 bits per heavy atom. The summed E-state index contributed by atoms with van der Waals surface area (Å²) < 4.78 is 30.2. The van der Waals surface area contributed by atoms with E-state index in [0.717, 1.165) is 0 Å². The maximum absolute atomic E-state index is 10.5. The molecule has 0 aliphatic heterocycles. The van der Waals surface area contributed by atoms with Crippen molar-refractivity contribution in [3.63, 3.8) is 0 Å². The molecule has 0 bridgehead atoms. The van der Waals surface area contributed by atoms with Crippen LogP contribution in [0.4, 0.5) is 0 Å². The lowest BCUT2D eigenvalue weighted by atomic mass is 10.5. The Balaban J connectivity index is 3.82. The molecule has 0 saturated heterocycles. The van der Waals surface area contributed by atoms with Crippen molar-refractivity contribution < 1.29 is 17.8 Å². The van der Waals surface area contributed by atoms with Gasteiger partial charge in [-0.15, -0.1) is 0 Å². The highest BCUT2D eigenvalue weighted by atomic mass is 32.2. The molecule has 0 heterocycles. The normalized spacial score (nSPS) is 11.2. The average molecular weight is 180 g/mol. The van der Waals surface area contributed by atoms with Crippen LogP contribution in [-0.4, -0.2) is 43.1 Å². The summed E-state index contributed by atoms with van der Waals surface area (Å²) in [6.45, 7) is 1.26. The summed E-state index contributed by atoms with van der Waals surface area (Å²) in [5.74, 6) is -0.781. The molecule has 0 aliphatic carbocycles. The lowest BCUT2D eigenvalue weighted by Gasteiger charge is -2.15. The lowest BCUT2D eigenvalue weighted by Crippen LogP contribution is -2.29. The molecule has 0 fully saturated rings. The van der Waals surface area contributed by atoms with Gasteiger partial charge in [0.25, 0.3) is 0 Å². The third-order valence-electron chi connectivity index (χ3n) is 1.21.